The van der Waals surface area contributed by atoms with Gasteiger partial charge in [0.05, 0.1) is 0 Å². The third kappa shape index (κ3) is 2.54. The van der Waals surface area contributed by atoms with E-state index in [-0.39, 0.29) is 5.69 Å². The minimum atomic E-state index is -0.617. The van der Waals surface area contributed by atoms with Gasteiger partial charge in [-0.3, -0.25) is 0 Å². The SMILES string of the molecule is Cc1csc(=Nc2ccc(F)cc2F)n1C1CCCC1. The van der Waals surface area contributed by atoms with E-state index in [1.54, 1.807) is 0 Å². The van der Waals surface area contributed by atoms with Gasteiger partial charge in [0.2, 0.25) is 0 Å². The number of aromatic nitrogens is 1. The van der Waals surface area contributed by atoms with Crippen LogP contribution in [-0.4, -0.2) is 4.57 Å². The van der Waals surface area contributed by atoms with Crippen molar-refractivity contribution in [2.24, 2.45) is 4.99 Å². The van der Waals surface area contributed by atoms with Crippen molar-refractivity contribution >= 4 is 17.0 Å². The predicted molar refractivity (Wildman–Crippen MR) is 76.1 cm³/mol. The fourth-order valence-electron chi connectivity index (χ4n) is 2.76. The molecule has 0 atom stereocenters. The number of nitrogens with zero attached hydrogens (tertiary/aromatic N) is 2. The third-order valence-electron chi connectivity index (χ3n) is 3.74. The van der Waals surface area contributed by atoms with Crippen molar-refractivity contribution in [1.29, 1.82) is 0 Å². The summed E-state index contributed by atoms with van der Waals surface area (Å²) in [4.78, 5) is 5.18. The molecule has 20 heavy (non-hydrogen) atoms. The van der Waals surface area contributed by atoms with E-state index in [0.29, 0.717) is 6.04 Å². The Morgan fingerprint density at radius 3 is 2.70 bits per heavy atom. The number of halogens is 2. The Morgan fingerprint density at radius 1 is 1.25 bits per heavy atom. The first-order valence-corrected chi connectivity index (χ1v) is 7.69. The molecular formula is C15H16F2N2S. The molecule has 0 spiro atoms. The van der Waals surface area contributed by atoms with E-state index in [0.717, 1.165) is 29.4 Å². The van der Waals surface area contributed by atoms with Gasteiger partial charge in [-0.25, -0.2) is 13.8 Å². The molecule has 0 saturated heterocycles. The van der Waals surface area contributed by atoms with Crippen molar-refractivity contribution < 1.29 is 8.78 Å². The number of rotatable bonds is 2. The molecule has 1 saturated carbocycles. The van der Waals surface area contributed by atoms with E-state index in [9.17, 15) is 8.78 Å². The topological polar surface area (TPSA) is 17.3 Å². The minimum Gasteiger partial charge on any atom is -0.318 e. The fourth-order valence-corrected chi connectivity index (χ4v) is 3.71. The minimum absolute atomic E-state index is 0.194. The van der Waals surface area contributed by atoms with E-state index < -0.39 is 11.6 Å². The molecule has 1 aromatic carbocycles. The van der Waals surface area contributed by atoms with Crippen molar-refractivity contribution in [2.75, 3.05) is 0 Å². The zero-order valence-corrected chi connectivity index (χ0v) is 12.1. The van der Waals surface area contributed by atoms with E-state index in [1.165, 1.54) is 36.3 Å². The normalized spacial score (nSPS) is 17.1. The van der Waals surface area contributed by atoms with E-state index >= 15 is 0 Å². The lowest BCUT2D eigenvalue weighted by molar-refractivity contribution is 0.496. The molecule has 0 unspecified atom stereocenters. The van der Waals surface area contributed by atoms with Crippen molar-refractivity contribution in [3.8, 4) is 0 Å². The third-order valence-corrected chi connectivity index (χ3v) is 4.69. The second kappa shape index (κ2) is 5.48. The molecule has 5 heteroatoms. The van der Waals surface area contributed by atoms with Crippen LogP contribution in [0.15, 0.2) is 28.6 Å². The molecular weight excluding hydrogens is 278 g/mol. The van der Waals surface area contributed by atoms with Crippen LogP contribution in [-0.2, 0) is 0 Å². The van der Waals surface area contributed by atoms with Crippen LogP contribution in [0.25, 0.3) is 0 Å². The van der Waals surface area contributed by atoms with Gasteiger partial charge >= 0.3 is 0 Å². The zero-order valence-electron chi connectivity index (χ0n) is 11.3. The average molecular weight is 294 g/mol. The monoisotopic (exact) mass is 294 g/mol. The molecule has 2 aromatic rings. The zero-order chi connectivity index (χ0) is 14.1. The summed E-state index contributed by atoms with van der Waals surface area (Å²) in [5.74, 6) is -1.19. The highest BCUT2D eigenvalue weighted by atomic mass is 32.1. The second-order valence-electron chi connectivity index (χ2n) is 5.18. The molecule has 1 aliphatic carbocycles. The van der Waals surface area contributed by atoms with Gasteiger partial charge in [0.15, 0.2) is 10.6 Å². The van der Waals surface area contributed by atoms with Gasteiger partial charge in [-0.15, -0.1) is 11.3 Å². The molecule has 1 aliphatic rings. The van der Waals surface area contributed by atoms with Crippen molar-refractivity contribution in [1.82, 2.24) is 4.57 Å². The lowest BCUT2D eigenvalue weighted by Gasteiger charge is -2.13. The predicted octanol–water partition coefficient (Wildman–Crippen LogP) is 4.48. The van der Waals surface area contributed by atoms with Crippen molar-refractivity contribution in [3.63, 3.8) is 0 Å². The summed E-state index contributed by atoms with van der Waals surface area (Å²) in [7, 11) is 0. The van der Waals surface area contributed by atoms with Crippen LogP contribution in [0.3, 0.4) is 0 Å². The maximum absolute atomic E-state index is 13.7. The molecule has 1 heterocycles. The smallest absolute Gasteiger partial charge is 0.190 e. The van der Waals surface area contributed by atoms with Crippen molar-refractivity contribution in [3.05, 3.63) is 45.7 Å². The van der Waals surface area contributed by atoms with Crippen LogP contribution in [0, 0.1) is 18.6 Å². The number of thiazole rings is 1. The maximum Gasteiger partial charge on any atom is 0.190 e. The van der Waals surface area contributed by atoms with Crippen LogP contribution in [0.5, 0.6) is 0 Å². The first kappa shape index (κ1) is 13.5. The summed E-state index contributed by atoms with van der Waals surface area (Å²) >= 11 is 1.51. The molecule has 0 N–H and O–H groups in total. The Morgan fingerprint density at radius 2 is 2.00 bits per heavy atom. The van der Waals surface area contributed by atoms with Crippen LogP contribution < -0.4 is 4.80 Å². The standard InChI is InChI=1S/C15H16F2N2S/c1-10-9-20-15(19(10)12-4-2-3-5-12)18-14-7-6-11(16)8-13(14)17/h6-9,12H,2-5H2,1H3. The number of benzene rings is 1. The summed E-state index contributed by atoms with van der Waals surface area (Å²) in [6.45, 7) is 2.05. The Kier molecular flexibility index (Phi) is 3.70. The first-order valence-electron chi connectivity index (χ1n) is 6.81. The number of hydrogen-bond acceptors (Lipinski definition) is 2. The van der Waals surface area contributed by atoms with E-state index in [1.807, 2.05) is 5.38 Å². The first-order chi connectivity index (χ1) is 9.65. The van der Waals surface area contributed by atoms with Crippen LogP contribution >= 0.6 is 11.3 Å². The van der Waals surface area contributed by atoms with Gasteiger partial charge in [-0.2, -0.15) is 0 Å². The van der Waals surface area contributed by atoms with Crippen LogP contribution in [0.1, 0.15) is 37.4 Å². The molecule has 0 radical (unpaired) electrons. The largest absolute Gasteiger partial charge is 0.318 e. The van der Waals surface area contributed by atoms with Gasteiger partial charge < -0.3 is 4.57 Å². The van der Waals surface area contributed by atoms with E-state index in [2.05, 4.69) is 16.5 Å². The summed E-state index contributed by atoms with van der Waals surface area (Å²) < 4.78 is 28.8. The molecule has 0 aliphatic heterocycles. The molecule has 0 amide bonds. The average Bonchev–Trinajstić information content (AvgIpc) is 3.02. The molecule has 106 valence electrons. The fraction of sp³-hybridized carbons (Fsp3) is 0.400. The van der Waals surface area contributed by atoms with Gasteiger partial charge in [-0.1, -0.05) is 12.8 Å². The van der Waals surface area contributed by atoms with Gasteiger partial charge in [0, 0.05) is 23.2 Å². The molecule has 1 aromatic heterocycles. The second-order valence-corrected chi connectivity index (χ2v) is 6.01. The summed E-state index contributed by atoms with van der Waals surface area (Å²) in [5.41, 5.74) is 1.35. The Labute approximate surface area is 120 Å². The highest BCUT2D eigenvalue weighted by Gasteiger charge is 2.19. The quantitative estimate of drug-likeness (QED) is 0.777. The van der Waals surface area contributed by atoms with Crippen molar-refractivity contribution in [2.45, 2.75) is 38.6 Å². The summed E-state index contributed by atoms with van der Waals surface area (Å²) in [6.07, 6.45) is 4.77. The highest BCUT2D eigenvalue weighted by Crippen LogP contribution is 2.30. The number of aryl methyl sites for hydroxylation is 1. The molecule has 2 nitrogen and oxygen atoms in total. The van der Waals surface area contributed by atoms with E-state index in [4.69, 9.17) is 0 Å². The lowest BCUT2D eigenvalue weighted by atomic mass is 10.2. The molecule has 3 rings (SSSR count). The summed E-state index contributed by atoms with van der Waals surface area (Å²) in [6, 6.07) is 3.96. The van der Waals surface area contributed by atoms with Crippen LogP contribution in [0.2, 0.25) is 0 Å². The Bertz CT molecular complexity index is 681. The van der Waals surface area contributed by atoms with Gasteiger partial charge in [-0.05, 0) is 31.9 Å². The van der Waals surface area contributed by atoms with Gasteiger partial charge in [0.25, 0.3) is 0 Å². The molecule has 1 fully saturated rings. The highest BCUT2D eigenvalue weighted by molar-refractivity contribution is 7.07. The lowest BCUT2D eigenvalue weighted by Crippen LogP contribution is -2.20. The Hall–Kier alpha value is -1.49. The number of hydrogen-bond donors (Lipinski definition) is 0. The maximum atomic E-state index is 13.7. The van der Waals surface area contributed by atoms with Crippen LogP contribution in [0.4, 0.5) is 14.5 Å². The molecule has 0 bridgehead atoms. The van der Waals surface area contributed by atoms with Gasteiger partial charge in [0.1, 0.15) is 11.5 Å². The summed E-state index contributed by atoms with van der Waals surface area (Å²) in [5, 5.41) is 2.04. The Balaban J connectivity index is 2.07.